The van der Waals surface area contributed by atoms with Gasteiger partial charge in [0, 0.05) is 16.5 Å². The van der Waals surface area contributed by atoms with Crippen molar-refractivity contribution in [1.29, 1.82) is 0 Å². The smallest absolute Gasteiger partial charge is 0.224 e. The van der Waals surface area contributed by atoms with Crippen LogP contribution in [0.4, 0.5) is 0 Å². The Bertz CT molecular complexity index is 775. The van der Waals surface area contributed by atoms with Crippen molar-refractivity contribution in [2.75, 3.05) is 0 Å². The Hall–Kier alpha value is -0.690. The second-order valence-corrected chi connectivity index (χ2v) is 7.26. The number of hydrogen-bond donors (Lipinski definition) is 0. The Balaban J connectivity index is 2.11. The molecule has 7 heteroatoms. The Morgan fingerprint density at radius 2 is 2.20 bits per heavy atom. The number of halogens is 2. The molecular weight excluding hydrogens is 378 g/mol. The molecule has 3 heterocycles. The molecule has 20 heavy (non-hydrogen) atoms. The number of nitrogens with zero attached hydrogens (tertiary/aromatic N) is 3. The van der Waals surface area contributed by atoms with E-state index in [0.29, 0.717) is 0 Å². The van der Waals surface area contributed by atoms with Gasteiger partial charge in [-0.05, 0) is 63.9 Å². The lowest BCUT2D eigenvalue weighted by atomic mass is 10.3. The van der Waals surface area contributed by atoms with Crippen molar-refractivity contribution in [2.24, 2.45) is 0 Å². The SMILES string of the molecule is CCc1cc2c(Sc3ncccc3Br)nc(Cl)nc2s1. The third kappa shape index (κ3) is 2.83. The highest BCUT2D eigenvalue weighted by Gasteiger charge is 2.13. The lowest BCUT2D eigenvalue weighted by Gasteiger charge is -2.03. The van der Waals surface area contributed by atoms with Crippen LogP contribution < -0.4 is 0 Å². The fourth-order valence-corrected chi connectivity index (χ4v) is 4.37. The molecule has 0 radical (unpaired) electrons. The molecule has 3 nitrogen and oxygen atoms in total. The number of rotatable bonds is 3. The van der Waals surface area contributed by atoms with Crippen LogP contribution in [0.3, 0.4) is 0 Å². The van der Waals surface area contributed by atoms with Crippen LogP contribution >= 0.6 is 50.6 Å². The summed E-state index contributed by atoms with van der Waals surface area (Å²) in [6, 6.07) is 5.98. The van der Waals surface area contributed by atoms with Crippen molar-refractivity contribution < 1.29 is 0 Å². The van der Waals surface area contributed by atoms with Gasteiger partial charge in [0.25, 0.3) is 0 Å². The summed E-state index contributed by atoms with van der Waals surface area (Å²) in [7, 11) is 0. The van der Waals surface area contributed by atoms with Crippen LogP contribution in [0.15, 0.2) is 38.9 Å². The molecule has 0 unspecified atom stereocenters. The molecule has 3 rings (SSSR count). The zero-order chi connectivity index (χ0) is 14.1. The molecule has 0 aromatic carbocycles. The Labute approximate surface area is 137 Å². The van der Waals surface area contributed by atoms with Gasteiger partial charge in [-0.3, -0.25) is 0 Å². The van der Waals surface area contributed by atoms with Gasteiger partial charge < -0.3 is 0 Å². The van der Waals surface area contributed by atoms with Gasteiger partial charge in [0.15, 0.2) is 0 Å². The van der Waals surface area contributed by atoms with Crippen LogP contribution in [0.25, 0.3) is 10.2 Å². The first-order chi connectivity index (χ1) is 9.67. The first-order valence-electron chi connectivity index (χ1n) is 5.91. The van der Waals surface area contributed by atoms with E-state index in [4.69, 9.17) is 11.6 Å². The van der Waals surface area contributed by atoms with Crippen molar-refractivity contribution in [3.63, 3.8) is 0 Å². The van der Waals surface area contributed by atoms with Crippen LogP contribution in [0.1, 0.15) is 11.8 Å². The van der Waals surface area contributed by atoms with E-state index in [2.05, 4.69) is 43.9 Å². The van der Waals surface area contributed by atoms with Crippen LogP contribution in [-0.2, 0) is 6.42 Å². The number of aromatic nitrogens is 3. The maximum atomic E-state index is 6.02. The first kappa shape index (κ1) is 14.3. The molecule has 3 aromatic rings. The quantitative estimate of drug-likeness (QED) is 0.457. The molecule has 0 atom stereocenters. The molecule has 0 N–H and O–H groups in total. The third-order valence-electron chi connectivity index (χ3n) is 2.65. The summed E-state index contributed by atoms with van der Waals surface area (Å²) in [4.78, 5) is 15.2. The number of pyridine rings is 1. The van der Waals surface area contributed by atoms with Gasteiger partial charge in [0.1, 0.15) is 14.9 Å². The normalized spacial score (nSPS) is 11.2. The summed E-state index contributed by atoms with van der Waals surface area (Å²) in [5, 5.41) is 3.03. The van der Waals surface area contributed by atoms with Crippen molar-refractivity contribution in [1.82, 2.24) is 15.0 Å². The predicted molar refractivity (Wildman–Crippen MR) is 87.9 cm³/mol. The molecule has 0 saturated heterocycles. The van der Waals surface area contributed by atoms with Crippen molar-refractivity contribution in [3.8, 4) is 0 Å². The molecule has 0 saturated carbocycles. The van der Waals surface area contributed by atoms with E-state index in [0.717, 1.165) is 31.2 Å². The topological polar surface area (TPSA) is 38.7 Å². The van der Waals surface area contributed by atoms with E-state index < -0.39 is 0 Å². The van der Waals surface area contributed by atoms with Crippen LogP contribution in [0.5, 0.6) is 0 Å². The molecule has 0 aliphatic heterocycles. The zero-order valence-corrected chi connectivity index (χ0v) is 14.4. The number of fused-ring (bicyclic) bond motifs is 1. The maximum Gasteiger partial charge on any atom is 0.224 e. The highest BCUT2D eigenvalue weighted by molar-refractivity contribution is 9.10. The van der Waals surface area contributed by atoms with Gasteiger partial charge in [0.05, 0.1) is 4.47 Å². The molecule has 0 bridgehead atoms. The van der Waals surface area contributed by atoms with E-state index in [9.17, 15) is 0 Å². The summed E-state index contributed by atoms with van der Waals surface area (Å²) < 4.78 is 0.943. The largest absolute Gasteiger partial charge is 0.248 e. The van der Waals surface area contributed by atoms with Crippen LogP contribution in [-0.4, -0.2) is 15.0 Å². The lowest BCUT2D eigenvalue weighted by Crippen LogP contribution is -1.88. The second-order valence-electron chi connectivity index (χ2n) is 3.98. The van der Waals surface area contributed by atoms with E-state index in [1.165, 1.54) is 16.6 Å². The Kier molecular flexibility index (Phi) is 4.26. The molecule has 0 fully saturated rings. The van der Waals surface area contributed by atoms with Crippen molar-refractivity contribution in [2.45, 2.75) is 23.4 Å². The molecular formula is C13H9BrClN3S2. The fourth-order valence-electron chi connectivity index (χ4n) is 1.71. The highest BCUT2D eigenvalue weighted by Crippen LogP contribution is 2.37. The standard InChI is InChI=1S/C13H9BrClN3S2/c1-2-7-6-8-10(19-7)17-13(15)18-11(8)20-12-9(14)4-3-5-16-12/h3-6H,2H2,1H3. The van der Waals surface area contributed by atoms with Gasteiger partial charge in [-0.2, -0.15) is 0 Å². The minimum absolute atomic E-state index is 0.275. The van der Waals surface area contributed by atoms with Crippen molar-refractivity contribution >= 4 is 60.8 Å². The van der Waals surface area contributed by atoms with Gasteiger partial charge in [-0.1, -0.05) is 6.92 Å². The fraction of sp³-hybridized carbons (Fsp3) is 0.154. The monoisotopic (exact) mass is 385 g/mol. The van der Waals surface area contributed by atoms with Crippen molar-refractivity contribution in [3.05, 3.63) is 39.0 Å². The molecule has 0 aliphatic carbocycles. The molecule has 0 aliphatic rings. The molecule has 0 spiro atoms. The Morgan fingerprint density at radius 3 is 2.95 bits per heavy atom. The van der Waals surface area contributed by atoms with E-state index >= 15 is 0 Å². The molecule has 0 amide bonds. The van der Waals surface area contributed by atoms with E-state index in [1.807, 2.05) is 12.1 Å². The number of hydrogen-bond acceptors (Lipinski definition) is 5. The van der Waals surface area contributed by atoms with Gasteiger partial charge in [-0.25, -0.2) is 15.0 Å². The van der Waals surface area contributed by atoms with Crippen LogP contribution in [0.2, 0.25) is 5.28 Å². The average Bonchev–Trinajstić information content (AvgIpc) is 2.84. The average molecular weight is 387 g/mol. The molecule has 102 valence electrons. The van der Waals surface area contributed by atoms with Gasteiger partial charge in [0.2, 0.25) is 5.28 Å². The van der Waals surface area contributed by atoms with Crippen LogP contribution in [0, 0.1) is 0 Å². The highest BCUT2D eigenvalue weighted by atomic mass is 79.9. The number of thiophene rings is 1. The predicted octanol–water partition coefficient (Wildman–Crippen LogP) is 5.22. The minimum Gasteiger partial charge on any atom is -0.248 e. The van der Waals surface area contributed by atoms with Gasteiger partial charge in [-0.15, -0.1) is 11.3 Å². The molecule has 3 aromatic heterocycles. The van der Waals surface area contributed by atoms with E-state index in [1.54, 1.807) is 17.5 Å². The summed E-state index contributed by atoms with van der Waals surface area (Å²) in [5.74, 6) is 0. The Morgan fingerprint density at radius 1 is 1.35 bits per heavy atom. The lowest BCUT2D eigenvalue weighted by molar-refractivity contribution is 1.07. The summed E-state index contributed by atoms with van der Waals surface area (Å²) in [6.07, 6.45) is 2.74. The summed E-state index contributed by atoms with van der Waals surface area (Å²) in [5.41, 5.74) is 0. The van der Waals surface area contributed by atoms with Gasteiger partial charge >= 0.3 is 0 Å². The number of aryl methyl sites for hydroxylation is 1. The summed E-state index contributed by atoms with van der Waals surface area (Å²) in [6.45, 7) is 2.13. The minimum atomic E-state index is 0.275. The summed E-state index contributed by atoms with van der Waals surface area (Å²) >= 11 is 12.7. The first-order valence-corrected chi connectivity index (χ1v) is 8.72. The third-order valence-corrected chi connectivity index (χ3v) is 5.92. The second kappa shape index (κ2) is 5.97. The zero-order valence-electron chi connectivity index (χ0n) is 10.4. The maximum absolute atomic E-state index is 6.02. The van der Waals surface area contributed by atoms with E-state index in [-0.39, 0.29) is 5.28 Å².